The number of nitrogens with one attached hydrogen (secondary N) is 1. The lowest BCUT2D eigenvalue weighted by Gasteiger charge is -2.08. The van der Waals surface area contributed by atoms with Gasteiger partial charge in [-0.1, -0.05) is 12.1 Å². The highest BCUT2D eigenvalue weighted by atomic mass is 16.5. The first-order chi connectivity index (χ1) is 7.88. The Morgan fingerprint density at radius 1 is 1.38 bits per heavy atom. The maximum absolute atomic E-state index is 8.66. The van der Waals surface area contributed by atoms with Crippen molar-refractivity contribution in [3.8, 4) is 5.75 Å². The van der Waals surface area contributed by atoms with E-state index in [0.29, 0.717) is 13.0 Å². The van der Waals surface area contributed by atoms with Gasteiger partial charge in [0.1, 0.15) is 5.75 Å². The van der Waals surface area contributed by atoms with Crippen molar-refractivity contribution in [2.45, 2.75) is 31.8 Å². The van der Waals surface area contributed by atoms with Gasteiger partial charge in [0.15, 0.2) is 0 Å². The van der Waals surface area contributed by atoms with Gasteiger partial charge in [0.05, 0.1) is 6.61 Å². The first-order valence-electron chi connectivity index (χ1n) is 5.94. The normalized spacial score (nSPS) is 15.1. The van der Waals surface area contributed by atoms with Gasteiger partial charge in [0.25, 0.3) is 0 Å². The topological polar surface area (TPSA) is 41.5 Å². The van der Waals surface area contributed by atoms with Gasteiger partial charge >= 0.3 is 0 Å². The molecule has 0 amide bonds. The number of aliphatic hydroxyl groups is 1. The Morgan fingerprint density at radius 2 is 2.25 bits per heavy atom. The smallest absolute Gasteiger partial charge is 0.119 e. The van der Waals surface area contributed by atoms with Crippen LogP contribution in [0.4, 0.5) is 0 Å². The monoisotopic (exact) mass is 221 g/mol. The van der Waals surface area contributed by atoms with Crippen molar-refractivity contribution >= 4 is 0 Å². The average molecular weight is 221 g/mol. The number of hydrogen-bond acceptors (Lipinski definition) is 3. The van der Waals surface area contributed by atoms with Crippen molar-refractivity contribution in [2.75, 3.05) is 13.2 Å². The Morgan fingerprint density at radius 3 is 3.00 bits per heavy atom. The maximum atomic E-state index is 8.66. The van der Waals surface area contributed by atoms with Crippen LogP contribution in [0, 0.1) is 0 Å². The van der Waals surface area contributed by atoms with Crippen molar-refractivity contribution in [1.82, 2.24) is 5.32 Å². The molecule has 0 unspecified atom stereocenters. The summed E-state index contributed by atoms with van der Waals surface area (Å²) in [4.78, 5) is 0. The van der Waals surface area contributed by atoms with E-state index in [1.165, 1.54) is 18.4 Å². The highest BCUT2D eigenvalue weighted by molar-refractivity contribution is 5.28. The van der Waals surface area contributed by atoms with Gasteiger partial charge in [-0.3, -0.25) is 0 Å². The van der Waals surface area contributed by atoms with Gasteiger partial charge in [0, 0.05) is 25.6 Å². The van der Waals surface area contributed by atoms with Gasteiger partial charge < -0.3 is 15.2 Å². The van der Waals surface area contributed by atoms with E-state index >= 15 is 0 Å². The second-order valence-corrected chi connectivity index (χ2v) is 4.23. The Hall–Kier alpha value is -1.06. The second-order valence-electron chi connectivity index (χ2n) is 4.23. The van der Waals surface area contributed by atoms with Gasteiger partial charge in [0.2, 0.25) is 0 Å². The molecule has 0 atom stereocenters. The van der Waals surface area contributed by atoms with Crippen LogP contribution in [-0.4, -0.2) is 24.4 Å². The first-order valence-corrected chi connectivity index (χ1v) is 5.94. The molecule has 1 aromatic rings. The zero-order valence-corrected chi connectivity index (χ0v) is 9.48. The molecule has 1 aliphatic rings. The van der Waals surface area contributed by atoms with Gasteiger partial charge in [-0.2, -0.15) is 0 Å². The fourth-order valence-electron chi connectivity index (χ4n) is 1.55. The summed E-state index contributed by atoms with van der Waals surface area (Å²) in [5.74, 6) is 0.892. The van der Waals surface area contributed by atoms with E-state index in [0.717, 1.165) is 18.3 Å². The summed E-state index contributed by atoms with van der Waals surface area (Å²) in [7, 11) is 0. The van der Waals surface area contributed by atoms with Crippen LogP contribution >= 0.6 is 0 Å². The third kappa shape index (κ3) is 3.83. The molecular weight excluding hydrogens is 202 g/mol. The van der Waals surface area contributed by atoms with E-state index in [4.69, 9.17) is 9.84 Å². The summed E-state index contributed by atoms with van der Waals surface area (Å²) in [5.41, 5.74) is 1.26. The fourth-order valence-corrected chi connectivity index (χ4v) is 1.55. The van der Waals surface area contributed by atoms with Crippen LogP contribution in [0.1, 0.15) is 24.8 Å². The number of aliphatic hydroxyl groups excluding tert-OH is 1. The molecule has 2 N–H and O–H groups in total. The quantitative estimate of drug-likeness (QED) is 0.689. The number of rotatable bonds is 7. The molecule has 16 heavy (non-hydrogen) atoms. The van der Waals surface area contributed by atoms with Gasteiger partial charge in [-0.15, -0.1) is 0 Å². The summed E-state index contributed by atoms with van der Waals surface area (Å²) in [6.07, 6.45) is 3.31. The van der Waals surface area contributed by atoms with Crippen LogP contribution in [-0.2, 0) is 6.54 Å². The highest BCUT2D eigenvalue weighted by Gasteiger charge is 2.19. The molecule has 0 aliphatic heterocycles. The van der Waals surface area contributed by atoms with Gasteiger partial charge in [-0.25, -0.2) is 0 Å². The minimum absolute atomic E-state index is 0.183. The van der Waals surface area contributed by atoms with Gasteiger partial charge in [-0.05, 0) is 30.5 Å². The van der Waals surface area contributed by atoms with Crippen LogP contribution < -0.4 is 10.1 Å². The average Bonchev–Trinajstić information content (AvgIpc) is 3.11. The van der Waals surface area contributed by atoms with Crippen molar-refractivity contribution in [3.63, 3.8) is 0 Å². The van der Waals surface area contributed by atoms with Crippen molar-refractivity contribution < 1.29 is 9.84 Å². The lowest BCUT2D eigenvalue weighted by molar-refractivity contribution is 0.233. The van der Waals surface area contributed by atoms with E-state index in [1.54, 1.807) is 0 Å². The summed E-state index contributed by atoms with van der Waals surface area (Å²) >= 11 is 0. The molecule has 0 spiro atoms. The van der Waals surface area contributed by atoms with E-state index in [-0.39, 0.29) is 6.61 Å². The zero-order chi connectivity index (χ0) is 11.2. The standard InChI is InChI=1S/C13H19NO2/c15-7-2-8-16-13-4-1-3-11(9-13)10-14-12-5-6-12/h1,3-4,9,12,14-15H,2,5-8,10H2. The van der Waals surface area contributed by atoms with Crippen LogP contribution in [0.2, 0.25) is 0 Å². The van der Waals surface area contributed by atoms with E-state index in [1.807, 2.05) is 12.1 Å². The predicted octanol–water partition coefficient (Wildman–Crippen LogP) is 1.70. The Bertz CT molecular complexity index is 323. The molecule has 0 radical (unpaired) electrons. The number of hydrogen-bond donors (Lipinski definition) is 2. The molecule has 1 aliphatic carbocycles. The largest absolute Gasteiger partial charge is 0.493 e. The predicted molar refractivity (Wildman–Crippen MR) is 63.5 cm³/mol. The molecule has 1 aromatic carbocycles. The fraction of sp³-hybridized carbons (Fsp3) is 0.538. The minimum Gasteiger partial charge on any atom is -0.493 e. The van der Waals surface area contributed by atoms with E-state index in [9.17, 15) is 0 Å². The van der Waals surface area contributed by atoms with Crippen LogP contribution in [0.25, 0.3) is 0 Å². The molecular formula is C13H19NO2. The molecule has 88 valence electrons. The summed E-state index contributed by atoms with van der Waals surface area (Å²) in [5, 5.41) is 12.1. The van der Waals surface area contributed by atoms with Crippen molar-refractivity contribution in [2.24, 2.45) is 0 Å². The summed E-state index contributed by atoms with van der Waals surface area (Å²) in [6.45, 7) is 1.68. The van der Waals surface area contributed by atoms with Crippen molar-refractivity contribution in [1.29, 1.82) is 0 Å². The summed E-state index contributed by atoms with van der Waals surface area (Å²) < 4.78 is 5.52. The lowest BCUT2D eigenvalue weighted by Crippen LogP contribution is -2.15. The molecule has 0 aromatic heterocycles. The maximum Gasteiger partial charge on any atom is 0.119 e. The summed E-state index contributed by atoms with van der Waals surface area (Å²) in [6, 6.07) is 8.87. The highest BCUT2D eigenvalue weighted by Crippen LogP contribution is 2.20. The molecule has 3 nitrogen and oxygen atoms in total. The number of benzene rings is 1. The first kappa shape index (κ1) is 11.4. The Labute approximate surface area is 96.4 Å². The molecule has 1 fully saturated rings. The van der Waals surface area contributed by atoms with Crippen molar-refractivity contribution in [3.05, 3.63) is 29.8 Å². The Balaban J connectivity index is 1.80. The zero-order valence-electron chi connectivity index (χ0n) is 9.48. The van der Waals surface area contributed by atoms with Crippen LogP contribution in [0.15, 0.2) is 24.3 Å². The molecule has 0 bridgehead atoms. The van der Waals surface area contributed by atoms with Crippen LogP contribution in [0.3, 0.4) is 0 Å². The SMILES string of the molecule is OCCCOc1cccc(CNC2CC2)c1. The molecule has 0 heterocycles. The molecule has 2 rings (SSSR count). The van der Waals surface area contributed by atoms with E-state index < -0.39 is 0 Å². The number of ether oxygens (including phenoxy) is 1. The minimum atomic E-state index is 0.183. The molecule has 3 heteroatoms. The second kappa shape index (κ2) is 5.87. The lowest BCUT2D eigenvalue weighted by atomic mass is 10.2. The third-order valence-corrected chi connectivity index (χ3v) is 2.64. The van der Waals surface area contributed by atoms with E-state index in [2.05, 4.69) is 17.4 Å². The Kier molecular flexibility index (Phi) is 4.19. The third-order valence-electron chi connectivity index (χ3n) is 2.64. The molecule has 1 saturated carbocycles. The molecule has 0 saturated heterocycles. The van der Waals surface area contributed by atoms with Crippen LogP contribution in [0.5, 0.6) is 5.75 Å².